The molecule has 3 rings (SSSR count). The largest absolute Gasteiger partial charge is 0.392 e. The molecular formula is C15H14N2O. The molecule has 0 amide bonds. The van der Waals surface area contributed by atoms with Gasteiger partial charge in [-0.2, -0.15) is 0 Å². The molecule has 0 saturated carbocycles. The Morgan fingerprint density at radius 2 is 1.89 bits per heavy atom. The van der Waals surface area contributed by atoms with Crippen LogP contribution in [-0.2, 0) is 13.0 Å². The van der Waals surface area contributed by atoms with Crippen molar-refractivity contribution in [1.82, 2.24) is 9.38 Å². The van der Waals surface area contributed by atoms with Gasteiger partial charge in [-0.1, -0.05) is 30.3 Å². The Kier molecular flexibility index (Phi) is 2.82. The highest BCUT2D eigenvalue weighted by Gasteiger charge is 2.03. The number of hydrogen-bond acceptors (Lipinski definition) is 2. The lowest BCUT2D eigenvalue weighted by atomic mass is 10.1. The Labute approximate surface area is 105 Å². The highest BCUT2D eigenvalue weighted by molar-refractivity contribution is 5.43. The van der Waals surface area contributed by atoms with Crippen molar-refractivity contribution in [3.63, 3.8) is 0 Å². The third-order valence-electron chi connectivity index (χ3n) is 2.99. The van der Waals surface area contributed by atoms with E-state index in [1.807, 2.05) is 47.1 Å². The number of aliphatic hydroxyl groups excluding tert-OH is 1. The molecule has 1 aromatic carbocycles. The molecule has 90 valence electrons. The summed E-state index contributed by atoms with van der Waals surface area (Å²) in [7, 11) is 0. The summed E-state index contributed by atoms with van der Waals surface area (Å²) in [6.07, 6.45) is 4.79. The number of pyridine rings is 1. The van der Waals surface area contributed by atoms with E-state index in [0.717, 1.165) is 23.3 Å². The molecule has 0 atom stereocenters. The van der Waals surface area contributed by atoms with Crippen molar-refractivity contribution in [3.8, 4) is 0 Å². The first-order valence-electron chi connectivity index (χ1n) is 5.96. The monoisotopic (exact) mass is 238 g/mol. The van der Waals surface area contributed by atoms with Gasteiger partial charge in [0.15, 0.2) is 0 Å². The van der Waals surface area contributed by atoms with Gasteiger partial charge in [0.25, 0.3) is 0 Å². The Morgan fingerprint density at radius 3 is 2.67 bits per heavy atom. The Morgan fingerprint density at radius 1 is 1.06 bits per heavy atom. The normalized spacial score (nSPS) is 10.9. The first kappa shape index (κ1) is 11.0. The standard InChI is InChI=1S/C15H14N2O/c18-11-13-6-7-17-10-14(16-15(17)9-13)8-12-4-2-1-3-5-12/h1-7,9-10,18H,8,11H2. The minimum absolute atomic E-state index is 0.0530. The van der Waals surface area contributed by atoms with Crippen LogP contribution < -0.4 is 0 Å². The van der Waals surface area contributed by atoms with Gasteiger partial charge >= 0.3 is 0 Å². The van der Waals surface area contributed by atoms with Crippen LogP contribution in [0.2, 0.25) is 0 Å². The maximum absolute atomic E-state index is 9.10. The van der Waals surface area contributed by atoms with Gasteiger partial charge in [0, 0.05) is 18.8 Å². The van der Waals surface area contributed by atoms with Crippen LogP contribution in [0.1, 0.15) is 16.8 Å². The smallest absolute Gasteiger partial charge is 0.137 e. The lowest BCUT2D eigenvalue weighted by Crippen LogP contribution is -1.87. The number of aromatic nitrogens is 2. The highest BCUT2D eigenvalue weighted by Crippen LogP contribution is 2.12. The quantitative estimate of drug-likeness (QED) is 0.761. The van der Waals surface area contributed by atoms with Crippen LogP contribution in [0.25, 0.3) is 5.65 Å². The molecule has 0 radical (unpaired) electrons. The second-order valence-electron chi connectivity index (χ2n) is 4.35. The number of imidazole rings is 1. The summed E-state index contributed by atoms with van der Waals surface area (Å²) >= 11 is 0. The van der Waals surface area contributed by atoms with Crippen molar-refractivity contribution in [2.24, 2.45) is 0 Å². The molecule has 0 aliphatic heterocycles. The van der Waals surface area contributed by atoms with Gasteiger partial charge < -0.3 is 9.51 Å². The summed E-state index contributed by atoms with van der Waals surface area (Å²) in [6.45, 7) is 0.0530. The van der Waals surface area contributed by atoms with Crippen LogP contribution in [0.15, 0.2) is 54.9 Å². The molecule has 0 spiro atoms. The Hall–Kier alpha value is -2.13. The molecule has 0 unspecified atom stereocenters. The topological polar surface area (TPSA) is 37.5 Å². The summed E-state index contributed by atoms with van der Waals surface area (Å²) < 4.78 is 1.98. The molecule has 2 aromatic heterocycles. The molecule has 0 saturated heterocycles. The number of rotatable bonds is 3. The maximum atomic E-state index is 9.10. The highest BCUT2D eigenvalue weighted by atomic mass is 16.3. The van der Waals surface area contributed by atoms with Gasteiger partial charge in [-0.15, -0.1) is 0 Å². The minimum Gasteiger partial charge on any atom is -0.392 e. The SMILES string of the molecule is OCc1ccn2cc(Cc3ccccc3)nc2c1. The number of benzene rings is 1. The van der Waals surface area contributed by atoms with Crippen LogP contribution in [0.3, 0.4) is 0 Å². The first-order chi connectivity index (χ1) is 8.85. The van der Waals surface area contributed by atoms with Crippen molar-refractivity contribution in [1.29, 1.82) is 0 Å². The van der Waals surface area contributed by atoms with E-state index in [0.29, 0.717) is 0 Å². The van der Waals surface area contributed by atoms with Gasteiger partial charge in [-0.3, -0.25) is 0 Å². The van der Waals surface area contributed by atoms with Gasteiger partial charge in [-0.05, 0) is 23.3 Å². The van der Waals surface area contributed by atoms with Gasteiger partial charge in [0.2, 0.25) is 0 Å². The lowest BCUT2D eigenvalue weighted by molar-refractivity contribution is 0.282. The summed E-state index contributed by atoms with van der Waals surface area (Å²) in [4.78, 5) is 4.57. The van der Waals surface area contributed by atoms with Gasteiger partial charge in [0.1, 0.15) is 5.65 Å². The fourth-order valence-corrected chi connectivity index (χ4v) is 2.07. The maximum Gasteiger partial charge on any atom is 0.137 e. The fourth-order valence-electron chi connectivity index (χ4n) is 2.07. The van der Waals surface area contributed by atoms with Gasteiger partial charge in [-0.25, -0.2) is 4.98 Å². The Balaban J connectivity index is 1.94. The van der Waals surface area contributed by atoms with E-state index in [1.165, 1.54) is 5.56 Å². The lowest BCUT2D eigenvalue weighted by Gasteiger charge is -1.95. The molecule has 3 heteroatoms. The van der Waals surface area contributed by atoms with Crippen molar-refractivity contribution >= 4 is 5.65 Å². The predicted octanol–water partition coefficient (Wildman–Crippen LogP) is 2.42. The average molecular weight is 238 g/mol. The van der Waals surface area contributed by atoms with Crippen LogP contribution in [-0.4, -0.2) is 14.5 Å². The zero-order valence-electron chi connectivity index (χ0n) is 9.95. The minimum atomic E-state index is 0.0530. The van der Waals surface area contributed by atoms with E-state index >= 15 is 0 Å². The van der Waals surface area contributed by atoms with E-state index < -0.39 is 0 Å². The molecular weight excluding hydrogens is 224 g/mol. The summed E-state index contributed by atoms with van der Waals surface area (Å²) in [5.41, 5.74) is 4.06. The molecule has 3 nitrogen and oxygen atoms in total. The van der Waals surface area contributed by atoms with E-state index in [-0.39, 0.29) is 6.61 Å². The average Bonchev–Trinajstić information content (AvgIpc) is 2.80. The van der Waals surface area contributed by atoms with Crippen molar-refractivity contribution in [3.05, 3.63) is 71.7 Å². The van der Waals surface area contributed by atoms with E-state index in [9.17, 15) is 0 Å². The van der Waals surface area contributed by atoms with Gasteiger partial charge in [0.05, 0.1) is 12.3 Å². The van der Waals surface area contributed by atoms with Crippen molar-refractivity contribution in [2.45, 2.75) is 13.0 Å². The summed E-state index contributed by atoms with van der Waals surface area (Å²) in [5, 5.41) is 9.10. The number of nitrogens with zero attached hydrogens (tertiary/aromatic N) is 2. The van der Waals surface area contributed by atoms with Crippen LogP contribution in [0.4, 0.5) is 0 Å². The zero-order valence-corrected chi connectivity index (χ0v) is 9.95. The van der Waals surface area contributed by atoms with Crippen molar-refractivity contribution < 1.29 is 5.11 Å². The van der Waals surface area contributed by atoms with Crippen LogP contribution >= 0.6 is 0 Å². The molecule has 18 heavy (non-hydrogen) atoms. The van der Waals surface area contributed by atoms with Crippen LogP contribution in [0.5, 0.6) is 0 Å². The summed E-state index contributed by atoms with van der Waals surface area (Å²) in [5.74, 6) is 0. The third-order valence-corrected chi connectivity index (χ3v) is 2.99. The van der Waals surface area contributed by atoms with Crippen LogP contribution in [0, 0.1) is 0 Å². The molecule has 2 heterocycles. The Bertz CT molecular complexity index is 659. The molecule has 0 bridgehead atoms. The predicted molar refractivity (Wildman–Crippen MR) is 70.4 cm³/mol. The molecule has 0 aliphatic carbocycles. The van der Waals surface area contributed by atoms with E-state index in [1.54, 1.807) is 0 Å². The number of hydrogen-bond donors (Lipinski definition) is 1. The first-order valence-corrected chi connectivity index (χ1v) is 5.96. The molecule has 1 N–H and O–H groups in total. The molecule has 3 aromatic rings. The molecule has 0 aliphatic rings. The molecule has 0 fully saturated rings. The van der Waals surface area contributed by atoms with E-state index in [4.69, 9.17) is 5.11 Å². The second-order valence-corrected chi connectivity index (χ2v) is 4.35. The number of aliphatic hydroxyl groups is 1. The second kappa shape index (κ2) is 4.63. The summed E-state index contributed by atoms with van der Waals surface area (Å²) in [6, 6.07) is 14.1. The zero-order chi connectivity index (χ0) is 12.4. The number of fused-ring (bicyclic) bond motifs is 1. The van der Waals surface area contributed by atoms with E-state index in [2.05, 4.69) is 17.1 Å². The fraction of sp³-hybridized carbons (Fsp3) is 0.133. The van der Waals surface area contributed by atoms with Crippen molar-refractivity contribution in [2.75, 3.05) is 0 Å². The third kappa shape index (κ3) is 2.13.